The summed E-state index contributed by atoms with van der Waals surface area (Å²) in [6.45, 7) is 2.90. The van der Waals surface area contributed by atoms with Gasteiger partial charge in [0, 0.05) is 23.0 Å². The molecule has 6 nitrogen and oxygen atoms in total. The molecule has 0 bridgehead atoms. The van der Waals surface area contributed by atoms with Crippen LogP contribution in [-0.2, 0) is 9.84 Å². The maximum absolute atomic E-state index is 13.8. The van der Waals surface area contributed by atoms with Gasteiger partial charge in [0.25, 0.3) is 0 Å². The molecule has 2 aromatic rings. The monoisotopic (exact) mass is 526 g/mol. The maximum Gasteiger partial charge on any atom is 0.404 e. The molecular formula is C22H21BrF2N2O4S. The van der Waals surface area contributed by atoms with E-state index in [9.17, 15) is 22.0 Å². The molecule has 0 spiro atoms. The average molecular weight is 527 g/mol. The lowest BCUT2D eigenvalue weighted by Crippen LogP contribution is -2.33. The van der Waals surface area contributed by atoms with Crippen molar-refractivity contribution in [3.05, 3.63) is 63.4 Å². The minimum Gasteiger partial charge on any atom is -0.465 e. The maximum atomic E-state index is 13.8. The lowest BCUT2D eigenvalue weighted by Gasteiger charge is -2.19. The Bertz CT molecular complexity index is 1200. The number of nitrogens with zero attached hydrogens (tertiary/aromatic N) is 1. The van der Waals surface area contributed by atoms with Gasteiger partial charge in [-0.25, -0.2) is 27.0 Å². The van der Waals surface area contributed by atoms with E-state index in [1.807, 2.05) is 0 Å². The summed E-state index contributed by atoms with van der Waals surface area (Å²) in [5, 5.41) is 10.9. The van der Waals surface area contributed by atoms with Gasteiger partial charge in [-0.15, -0.1) is 0 Å². The predicted octanol–water partition coefficient (Wildman–Crippen LogP) is 4.23. The molecule has 0 radical (unpaired) electrons. The molecule has 1 aromatic carbocycles. The third-order valence-corrected chi connectivity index (χ3v) is 8.66. The number of halogens is 3. The van der Waals surface area contributed by atoms with Crippen LogP contribution in [0.1, 0.15) is 49.6 Å². The van der Waals surface area contributed by atoms with E-state index in [1.165, 1.54) is 0 Å². The zero-order valence-corrected chi connectivity index (χ0v) is 19.7. The third-order valence-electron chi connectivity index (χ3n) is 5.11. The van der Waals surface area contributed by atoms with Crippen molar-refractivity contribution < 1.29 is 27.1 Å². The van der Waals surface area contributed by atoms with E-state index in [0.29, 0.717) is 23.0 Å². The Hall–Kier alpha value is -2.51. The van der Waals surface area contributed by atoms with E-state index in [4.69, 9.17) is 5.11 Å². The van der Waals surface area contributed by atoms with Crippen molar-refractivity contribution in [2.45, 2.75) is 42.6 Å². The zero-order valence-electron chi connectivity index (χ0n) is 17.3. The van der Waals surface area contributed by atoms with Crippen molar-refractivity contribution in [3.8, 4) is 11.8 Å². The highest BCUT2D eigenvalue weighted by Crippen LogP contribution is 2.36. The number of carbonyl (C=O) groups is 1. The number of rotatable bonds is 6. The normalized spacial score (nSPS) is 14.9. The van der Waals surface area contributed by atoms with Crippen LogP contribution in [0.3, 0.4) is 0 Å². The van der Waals surface area contributed by atoms with Crippen LogP contribution < -0.4 is 5.32 Å². The summed E-state index contributed by atoms with van der Waals surface area (Å²) in [7, 11) is -3.41. The Labute approximate surface area is 193 Å². The molecule has 1 aliphatic rings. The number of hydrogen-bond acceptors (Lipinski definition) is 4. The Kier molecular flexibility index (Phi) is 6.91. The van der Waals surface area contributed by atoms with Crippen LogP contribution in [0.5, 0.6) is 0 Å². The minimum atomic E-state index is -3.41. The molecule has 1 aliphatic carbocycles. The Morgan fingerprint density at radius 1 is 1.28 bits per heavy atom. The molecule has 2 N–H and O–H groups in total. The number of sulfone groups is 1. The van der Waals surface area contributed by atoms with Gasteiger partial charge in [0.1, 0.15) is 22.1 Å². The molecule has 170 valence electrons. The number of benzene rings is 1. The van der Waals surface area contributed by atoms with Crippen molar-refractivity contribution in [3.63, 3.8) is 0 Å². The Morgan fingerprint density at radius 2 is 1.91 bits per heavy atom. The van der Waals surface area contributed by atoms with Gasteiger partial charge in [0.15, 0.2) is 9.84 Å². The van der Waals surface area contributed by atoms with Crippen molar-refractivity contribution in [2.75, 3.05) is 6.54 Å². The number of aromatic nitrogens is 1. The highest BCUT2D eigenvalue weighted by atomic mass is 79.9. The first-order valence-electron chi connectivity index (χ1n) is 9.76. The standard InChI is InChI=1S/C22H21BrF2N2O4S/c1-22(2,32(30,31)17-4-5-17)8-7-16-3-6-19(23)20(27-16)18(12-26-21(28)29)13-9-14(24)11-15(25)10-13/h3,6,9-11,17-18,26H,4-5,12H2,1-2H3,(H,28,29)/t18-/m0/s1. The van der Waals surface area contributed by atoms with Crippen LogP contribution in [0.4, 0.5) is 13.6 Å². The summed E-state index contributed by atoms with van der Waals surface area (Å²) in [4.78, 5) is 15.5. The highest BCUT2D eigenvalue weighted by molar-refractivity contribution is 9.10. The quantitative estimate of drug-likeness (QED) is 0.549. The largest absolute Gasteiger partial charge is 0.465 e. The number of pyridine rings is 1. The second-order valence-corrected chi connectivity index (χ2v) is 11.6. The third kappa shape index (κ3) is 5.45. The molecule has 1 atom stereocenters. The van der Waals surface area contributed by atoms with Crippen molar-refractivity contribution in [1.82, 2.24) is 10.3 Å². The topological polar surface area (TPSA) is 96.4 Å². The molecule has 0 unspecified atom stereocenters. The van der Waals surface area contributed by atoms with Crippen LogP contribution in [0.2, 0.25) is 0 Å². The summed E-state index contributed by atoms with van der Waals surface area (Å²) >= 11 is 3.35. The lowest BCUT2D eigenvalue weighted by atomic mass is 9.94. The zero-order chi connectivity index (χ0) is 23.7. The Morgan fingerprint density at radius 3 is 2.47 bits per heavy atom. The SMILES string of the molecule is CC(C)(C#Cc1ccc(Br)c([C@@H](CNC(=O)O)c2cc(F)cc(F)c2)n1)S(=O)(=O)C1CC1. The first-order chi connectivity index (χ1) is 14.9. The van der Waals surface area contributed by atoms with E-state index in [1.54, 1.807) is 26.0 Å². The second kappa shape index (κ2) is 9.16. The summed E-state index contributed by atoms with van der Waals surface area (Å²) < 4.78 is 52.1. The van der Waals surface area contributed by atoms with E-state index in [2.05, 4.69) is 38.1 Å². The summed E-state index contributed by atoms with van der Waals surface area (Å²) in [6.07, 6.45) is -0.0290. The van der Waals surface area contributed by atoms with Crippen molar-refractivity contribution in [2.24, 2.45) is 0 Å². The molecule has 32 heavy (non-hydrogen) atoms. The lowest BCUT2D eigenvalue weighted by molar-refractivity contribution is 0.194. The first kappa shape index (κ1) is 24.1. The molecule has 3 rings (SSSR count). The van der Waals surface area contributed by atoms with E-state index in [0.717, 1.165) is 18.2 Å². The van der Waals surface area contributed by atoms with Crippen LogP contribution >= 0.6 is 15.9 Å². The number of nitrogens with one attached hydrogen (secondary N) is 1. The predicted molar refractivity (Wildman–Crippen MR) is 119 cm³/mol. The molecule has 1 fully saturated rings. The smallest absolute Gasteiger partial charge is 0.404 e. The molecule has 1 aromatic heterocycles. The van der Waals surface area contributed by atoms with E-state index >= 15 is 0 Å². The van der Waals surface area contributed by atoms with Gasteiger partial charge in [-0.1, -0.05) is 5.92 Å². The van der Waals surface area contributed by atoms with Gasteiger partial charge in [-0.3, -0.25) is 0 Å². The van der Waals surface area contributed by atoms with Gasteiger partial charge in [0.2, 0.25) is 0 Å². The van der Waals surface area contributed by atoms with Gasteiger partial charge >= 0.3 is 6.09 Å². The van der Waals surface area contributed by atoms with Crippen LogP contribution in [0.15, 0.2) is 34.8 Å². The number of amides is 1. The Balaban J connectivity index is 2.02. The molecule has 0 aliphatic heterocycles. The van der Waals surface area contributed by atoms with Crippen molar-refractivity contribution >= 4 is 31.9 Å². The summed E-state index contributed by atoms with van der Waals surface area (Å²) in [5.41, 5.74) is 0.740. The molecule has 1 saturated carbocycles. The van der Waals surface area contributed by atoms with Crippen molar-refractivity contribution in [1.29, 1.82) is 0 Å². The second-order valence-electron chi connectivity index (χ2n) is 8.01. The number of hydrogen-bond donors (Lipinski definition) is 2. The van der Waals surface area contributed by atoms with Crippen LogP contribution in [-0.4, -0.2) is 41.1 Å². The van der Waals surface area contributed by atoms with Gasteiger partial charge in [-0.05, 0) is 78.4 Å². The van der Waals surface area contributed by atoms with Gasteiger partial charge in [0.05, 0.1) is 10.9 Å². The molecule has 1 amide bonds. The molecule has 1 heterocycles. The highest BCUT2D eigenvalue weighted by Gasteiger charge is 2.45. The molecule has 10 heteroatoms. The number of carboxylic acid groups (broad SMARTS) is 1. The summed E-state index contributed by atoms with van der Waals surface area (Å²) in [6, 6.07) is 6.13. The van der Waals surface area contributed by atoms with E-state index < -0.39 is 38.2 Å². The molecular weight excluding hydrogens is 506 g/mol. The average Bonchev–Trinajstić information content (AvgIpc) is 3.53. The van der Waals surface area contributed by atoms with Crippen LogP contribution in [0, 0.1) is 23.5 Å². The first-order valence-corrected chi connectivity index (χ1v) is 12.1. The minimum absolute atomic E-state index is 0.186. The van der Waals surface area contributed by atoms with Gasteiger partial charge in [-0.2, -0.15) is 0 Å². The van der Waals surface area contributed by atoms with Gasteiger partial charge < -0.3 is 10.4 Å². The van der Waals surface area contributed by atoms with E-state index in [-0.39, 0.29) is 23.1 Å². The van der Waals surface area contributed by atoms with Crippen LogP contribution in [0.25, 0.3) is 0 Å². The fourth-order valence-electron chi connectivity index (χ4n) is 3.19. The fourth-order valence-corrected chi connectivity index (χ4v) is 5.47. The molecule has 0 saturated heterocycles. The summed E-state index contributed by atoms with van der Waals surface area (Å²) in [5.74, 6) is 3.14. The fraction of sp³-hybridized carbons (Fsp3) is 0.364.